The maximum absolute atomic E-state index is 13.6. The van der Waals surface area contributed by atoms with Gasteiger partial charge >= 0.3 is 5.97 Å². The Morgan fingerprint density at radius 1 is 1.18 bits per heavy atom. The molecule has 1 aliphatic rings. The van der Waals surface area contributed by atoms with Crippen molar-refractivity contribution in [2.45, 2.75) is 19.9 Å². The monoisotopic (exact) mass is 465 g/mol. The van der Waals surface area contributed by atoms with Gasteiger partial charge in [0.1, 0.15) is 17.5 Å². The lowest BCUT2D eigenvalue weighted by Gasteiger charge is -2.26. The van der Waals surface area contributed by atoms with Crippen LogP contribution >= 0.6 is 11.3 Å². The number of hydrogen-bond donors (Lipinski definition) is 0. The van der Waals surface area contributed by atoms with Crippen LogP contribution in [0.2, 0.25) is 0 Å². The fraction of sp³-hybridized carbons (Fsp3) is 0.250. The second kappa shape index (κ2) is 9.41. The summed E-state index contributed by atoms with van der Waals surface area (Å²) in [6, 6.07) is 8.12. The number of esters is 1. The average molecular weight is 466 g/mol. The van der Waals surface area contributed by atoms with E-state index in [9.17, 15) is 9.59 Å². The van der Waals surface area contributed by atoms with Gasteiger partial charge in [0, 0.05) is 18.0 Å². The van der Waals surface area contributed by atoms with E-state index in [4.69, 9.17) is 14.2 Å². The van der Waals surface area contributed by atoms with Crippen molar-refractivity contribution >= 4 is 23.4 Å². The fourth-order valence-corrected chi connectivity index (χ4v) is 4.80. The van der Waals surface area contributed by atoms with Gasteiger partial charge in [0.25, 0.3) is 5.56 Å². The number of nitrogens with zero attached hydrogens (tertiary/aromatic N) is 3. The number of benzene rings is 1. The first kappa shape index (κ1) is 22.5. The van der Waals surface area contributed by atoms with Gasteiger partial charge in [-0.15, -0.1) is 0 Å². The normalized spacial score (nSPS) is 15.6. The molecule has 0 aliphatic carbocycles. The molecule has 0 N–H and O–H groups in total. The standard InChI is InChI=1S/C24H23N3O5S/c1-5-32-23(29)20-14(2)26-24-27(21(20)17-13-16(30-3)6-7-18(17)31-4)22(28)19(33-24)12-15-8-10-25-11-9-15/h6-13,21H,5H2,1-4H3/b19-12-/t21-/m1/s1. The van der Waals surface area contributed by atoms with Crippen molar-refractivity contribution < 1.29 is 19.0 Å². The number of allylic oxidation sites excluding steroid dienone is 1. The molecule has 0 spiro atoms. The molecule has 170 valence electrons. The molecule has 0 amide bonds. The smallest absolute Gasteiger partial charge is 0.338 e. The van der Waals surface area contributed by atoms with Crippen molar-refractivity contribution in [3.05, 3.63) is 84.8 Å². The second-order valence-corrected chi connectivity index (χ2v) is 8.20. The lowest BCUT2D eigenvalue weighted by Crippen LogP contribution is -2.40. The van der Waals surface area contributed by atoms with Gasteiger partial charge in [-0.3, -0.25) is 14.3 Å². The Balaban J connectivity index is 2.02. The summed E-state index contributed by atoms with van der Waals surface area (Å²) in [6.07, 6.45) is 5.11. The van der Waals surface area contributed by atoms with Crippen LogP contribution in [0.3, 0.4) is 0 Å². The van der Waals surface area contributed by atoms with E-state index in [1.54, 1.807) is 64.7 Å². The van der Waals surface area contributed by atoms with E-state index in [2.05, 4.69) is 9.98 Å². The van der Waals surface area contributed by atoms with Gasteiger partial charge in [0.2, 0.25) is 0 Å². The zero-order chi connectivity index (χ0) is 23.5. The quantitative estimate of drug-likeness (QED) is 0.519. The van der Waals surface area contributed by atoms with Crippen molar-refractivity contribution in [3.8, 4) is 11.5 Å². The molecule has 1 atom stereocenters. The second-order valence-electron chi connectivity index (χ2n) is 7.19. The zero-order valence-corrected chi connectivity index (χ0v) is 19.5. The molecule has 0 saturated heterocycles. The van der Waals surface area contributed by atoms with Gasteiger partial charge in [0.15, 0.2) is 4.80 Å². The number of pyridine rings is 1. The number of thiazole rings is 1. The summed E-state index contributed by atoms with van der Waals surface area (Å²) in [6.45, 7) is 3.68. The number of ether oxygens (including phenoxy) is 3. The molecule has 0 saturated carbocycles. The molecule has 9 heteroatoms. The Labute approximate surface area is 194 Å². The van der Waals surface area contributed by atoms with Gasteiger partial charge in [-0.2, -0.15) is 0 Å². The van der Waals surface area contributed by atoms with Crippen molar-refractivity contribution in [3.63, 3.8) is 0 Å². The molecule has 2 aromatic heterocycles. The highest BCUT2D eigenvalue weighted by Crippen LogP contribution is 2.37. The van der Waals surface area contributed by atoms with E-state index >= 15 is 0 Å². The van der Waals surface area contributed by atoms with Crippen molar-refractivity contribution in [1.82, 2.24) is 9.55 Å². The van der Waals surface area contributed by atoms with Gasteiger partial charge in [0.05, 0.1) is 36.6 Å². The van der Waals surface area contributed by atoms with Crippen LogP contribution in [0.5, 0.6) is 11.5 Å². The SMILES string of the molecule is CCOC(=O)C1=C(C)N=c2s/c(=C\c3ccncc3)c(=O)n2[C@@H]1c1cc(OC)ccc1OC. The van der Waals surface area contributed by atoms with Crippen LogP contribution in [0.15, 0.2) is 63.8 Å². The minimum Gasteiger partial charge on any atom is -0.497 e. The minimum absolute atomic E-state index is 0.198. The maximum Gasteiger partial charge on any atom is 0.338 e. The molecule has 3 aromatic rings. The highest BCUT2D eigenvalue weighted by atomic mass is 32.1. The number of carbonyl (C=O) groups excluding carboxylic acids is 1. The topological polar surface area (TPSA) is 92.0 Å². The summed E-state index contributed by atoms with van der Waals surface area (Å²) in [5, 5.41) is 0. The third-order valence-electron chi connectivity index (χ3n) is 5.25. The highest BCUT2D eigenvalue weighted by molar-refractivity contribution is 7.07. The Bertz CT molecular complexity index is 1410. The molecule has 0 unspecified atom stereocenters. The Morgan fingerprint density at radius 3 is 2.61 bits per heavy atom. The molecule has 4 rings (SSSR count). The molecule has 3 heterocycles. The predicted molar refractivity (Wildman–Crippen MR) is 124 cm³/mol. The number of carbonyl (C=O) groups is 1. The number of aromatic nitrogens is 2. The van der Waals surface area contributed by atoms with Crippen LogP contribution < -0.4 is 24.4 Å². The Hall–Kier alpha value is -3.72. The predicted octanol–water partition coefficient (Wildman–Crippen LogP) is 2.21. The van der Waals surface area contributed by atoms with E-state index < -0.39 is 12.0 Å². The molecule has 8 nitrogen and oxygen atoms in total. The number of rotatable bonds is 6. The average Bonchev–Trinajstić information content (AvgIpc) is 3.12. The fourth-order valence-electron chi connectivity index (χ4n) is 3.75. The van der Waals surface area contributed by atoms with E-state index in [0.717, 1.165) is 5.56 Å². The first-order valence-corrected chi connectivity index (χ1v) is 11.1. The lowest BCUT2D eigenvalue weighted by atomic mass is 9.94. The molecule has 0 radical (unpaired) electrons. The minimum atomic E-state index is -0.787. The van der Waals surface area contributed by atoms with Crippen LogP contribution in [0.1, 0.15) is 31.0 Å². The summed E-state index contributed by atoms with van der Waals surface area (Å²) < 4.78 is 18.3. The third-order valence-corrected chi connectivity index (χ3v) is 6.24. The Kier molecular flexibility index (Phi) is 6.41. The van der Waals surface area contributed by atoms with Gasteiger partial charge in [-0.05, 0) is 55.8 Å². The van der Waals surface area contributed by atoms with Crippen molar-refractivity contribution in [1.29, 1.82) is 0 Å². The summed E-state index contributed by atoms with van der Waals surface area (Å²) in [5.41, 5.74) is 1.95. The van der Waals surface area contributed by atoms with Crippen molar-refractivity contribution in [2.24, 2.45) is 4.99 Å². The summed E-state index contributed by atoms with van der Waals surface area (Å²) >= 11 is 1.26. The summed E-state index contributed by atoms with van der Waals surface area (Å²) in [7, 11) is 3.10. The number of fused-ring (bicyclic) bond motifs is 1. The number of methoxy groups -OCH3 is 2. The summed E-state index contributed by atoms with van der Waals surface area (Å²) in [4.78, 5) is 35.7. The Morgan fingerprint density at radius 2 is 1.94 bits per heavy atom. The van der Waals surface area contributed by atoms with Crippen LogP contribution in [0.4, 0.5) is 0 Å². The van der Waals surface area contributed by atoms with Gasteiger partial charge < -0.3 is 14.2 Å². The van der Waals surface area contributed by atoms with Crippen LogP contribution in [0, 0.1) is 0 Å². The first-order chi connectivity index (χ1) is 16.0. The third kappa shape index (κ3) is 4.19. The van der Waals surface area contributed by atoms with Crippen LogP contribution in [0.25, 0.3) is 6.08 Å². The van der Waals surface area contributed by atoms with E-state index in [0.29, 0.717) is 32.1 Å². The van der Waals surface area contributed by atoms with Crippen LogP contribution in [-0.2, 0) is 9.53 Å². The molecule has 0 fully saturated rings. The molecule has 1 aliphatic heterocycles. The first-order valence-electron chi connectivity index (χ1n) is 10.3. The molecule has 33 heavy (non-hydrogen) atoms. The molecular weight excluding hydrogens is 442 g/mol. The largest absolute Gasteiger partial charge is 0.497 e. The van der Waals surface area contributed by atoms with Gasteiger partial charge in [-0.1, -0.05) is 11.3 Å². The molecule has 0 bridgehead atoms. The molecular formula is C24H23N3O5S. The maximum atomic E-state index is 13.6. The molecule has 1 aromatic carbocycles. The summed E-state index contributed by atoms with van der Waals surface area (Å²) in [5.74, 6) is 0.556. The van der Waals surface area contributed by atoms with E-state index in [1.807, 2.05) is 12.1 Å². The van der Waals surface area contributed by atoms with Gasteiger partial charge in [-0.25, -0.2) is 9.79 Å². The van der Waals surface area contributed by atoms with E-state index in [1.165, 1.54) is 15.9 Å². The van der Waals surface area contributed by atoms with E-state index in [-0.39, 0.29) is 17.7 Å². The number of hydrogen-bond acceptors (Lipinski definition) is 8. The highest BCUT2D eigenvalue weighted by Gasteiger charge is 2.35. The zero-order valence-electron chi connectivity index (χ0n) is 18.7. The van der Waals surface area contributed by atoms with Crippen LogP contribution in [-0.4, -0.2) is 36.3 Å². The lowest BCUT2D eigenvalue weighted by molar-refractivity contribution is -0.139. The van der Waals surface area contributed by atoms with Crippen molar-refractivity contribution in [2.75, 3.05) is 20.8 Å².